The predicted molar refractivity (Wildman–Crippen MR) is 132 cm³/mol. The van der Waals surface area contributed by atoms with Crippen molar-refractivity contribution in [1.82, 2.24) is 4.98 Å². The zero-order valence-electron chi connectivity index (χ0n) is 19.4. The molecule has 3 rings (SSSR count). The van der Waals surface area contributed by atoms with E-state index in [2.05, 4.69) is 24.1 Å². The van der Waals surface area contributed by atoms with Crippen LogP contribution in [-0.4, -0.2) is 41.9 Å². The zero-order chi connectivity index (χ0) is 24.9. The fraction of sp³-hybridized carbons (Fsp3) is 0.417. The van der Waals surface area contributed by atoms with Gasteiger partial charge in [-0.3, -0.25) is 10.1 Å². The van der Waals surface area contributed by atoms with Crippen LogP contribution in [0, 0.1) is 5.92 Å². The normalized spacial score (nSPS) is 12.9. The first-order valence-corrected chi connectivity index (χ1v) is 13.5. The van der Waals surface area contributed by atoms with Crippen LogP contribution in [0.3, 0.4) is 0 Å². The second kappa shape index (κ2) is 11.4. The quantitative estimate of drug-likeness (QED) is 0.361. The molecule has 1 atom stereocenters. The fourth-order valence-corrected chi connectivity index (χ4v) is 5.14. The van der Waals surface area contributed by atoms with Gasteiger partial charge in [-0.1, -0.05) is 44.2 Å². The lowest BCUT2D eigenvalue weighted by Crippen LogP contribution is -2.24. The minimum absolute atomic E-state index is 0.00521. The van der Waals surface area contributed by atoms with Crippen molar-refractivity contribution in [2.45, 2.75) is 51.4 Å². The number of ether oxygens (including phenoxy) is 1. The van der Waals surface area contributed by atoms with Gasteiger partial charge in [0.25, 0.3) is 5.91 Å². The number of thiazole rings is 1. The van der Waals surface area contributed by atoms with Gasteiger partial charge in [-0.05, 0) is 53.3 Å². The highest BCUT2D eigenvalue weighted by Gasteiger charge is 2.24. The minimum atomic E-state index is -3.35. The standard InChI is InChI=1S/C24H30N2O6S2/c1-4-34(30,31)19-7-5-16(6-8-19)22(32-10-9-15(2)3)23(29)26-24-25-20-11-17(13-27)18(14-28)12-21(20)33-24/h5-8,11-12,15,22,27-28H,4,9-10,13-14H2,1-3H3,(H,25,26,29). The number of fused-ring (bicyclic) bond motifs is 1. The third kappa shape index (κ3) is 6.19. The Morgan fingerprint density at radius 2 is 1.76 bits per heavy atom. The van der Waals surface area contributed by atoms with Crippen molar-refractivity contribution in [3.05, 3.63) is 53.1 Å². The summed E-state index contributed by atoms with van der Waals surface area (Å²) in [6, 6.07) is 9.62. The molecule has 0 spiro atoms. The van der Waals surface area contributed by atoms with E-state index in [9.17, 15) is 23.4 Å². The van der Waals surface area contributed by atoms with E-state index < -0.39 is 21.8 Å². The van der Waals surface area contributed by atoms with Gasteiger partial charge in [-0.15, -0.1) is 0 Å². The summed E-state index contributed by atoms with van der Waals surface area (Å²) in [5.74, 6) is -0.0282. The fourth-order valence-electron chi connectivity index (χ4n) is 3.34. The van der Waals surface area contributed by atoms with Crippen LogP contribution in [-0.2, 0) is 32.6 Å². The number of amides is 1. The van der Waals surface area contributed by atoms with E-state index in [0.717, 1.165) is 11.1 Å². The summed E-state index contributed by atoms with van der Waals surface area (Å²) in [4.78, 5) is 17.8. The van der Waals surface area contributed by atoms with Gasteiger partial charge in [0.1, 0.15) is 0 Å². The number of aliphatic hydroxyl groups excluding tert-OH is 2. The number of hydrogen-bond donors (Lipinski definition) is 3. The molecule has 184 valence electrons. The molecular formula is C24H30N2O6S2. The van der Waals surface area contributed by atoms with E-state index >= 15 is 0 Å². The monoisotopic (exact) mass is 506 g/mol. The van der Waals surface area contributed by atoms with Gasteiger partial charge < -0.3 is 14.9 Å². The highest BCUT2D eigenvalue weighted by atomic mass is 32.2. The number of anilines is 1. The molecule has 0 saturated heterocycles. The molecule has 34 heavy (non-hydrogen) atoms. The van der Waals surface area contributed by atoms with Crippen LogP contribution in [0.2, 0.25) is 0 Å². The van der Waals surface area contributed by atoms with Crippen LogP contribution >= 0.6 is 11.3 Å². The molecule has 0 aliphatic rings. The van der Waals surface area contributed by atoms with E-state index in [4.69, 9.17) is 4.74 Å². The number of aromatic nitrogens is 1. The van der Waals surface area contributed by atoms with Crippen LogP contribution < -0.4 is 5.32 Å². The van der Waals surface area contributed by atoms with Gasteiger partial charge in [0, 0.05) is 6.61 Å². The minimum Gasteiger partial charge on any atom is -0.392 e. The number of hydrogen-bond acceptors (Lipinski definition) is 8. The number of carbonyl (C=O) groups excluding carboxylic acids is 1. The first-order chi connectivity index (χ1) is 16.2. The van der Waals surface area contributed by atoms with E-state index in [1.54, 1.807) is 31.2 Å². The second-order valence-electron chi connectivity index (χ2n) is 8.32. The molecule has 0 bridgehead atoms. The van der Waals surface area contributed by atoms with Gasteiger partial charge in [-0.2, -0.15) is 0 Å². The molecule has 0 aliphatic carbocycles. The Morgan fingerprint density at radius 3 is 2.35 bits per heavy atom. The van der Waals surface area contributed by atoms with Crippen molar-refractivity contribution in [3.8, 4) is 0 Å². The molecule has 1 aromatic heterocycles. The Hall–Kier alpha value is -2.37. The maximum atomic E-state index is 13.2. The lowest BCUT2D eigenvalue weighted by atomic mass is 10.1. The lowest BCUT2D eigenvalue weighted by molar-refractivity contribution is -0.128. The maximum absolute atomic E-state index is 13.2. The SMILES string of the molecule is CCS(=O)(=O)c1ccc(C(OCCC(C)C)C(=O)Nc2nc3cc(CO)c(CO)cc3s2)cc1. The molecule has 1 amide bonds. The van der Waals surface area contributed by atoms with E-state index in [1.807, 2.05) is 0 Å². The number of sulfone groups is 1. The van der Waals surface area contributed by atoms with Gasteiger partial charge in [-0.25, -0.2) is 13.4 Å². The number of carbonyl (C=O) groups is 1. The molecule has 10 heteroatoms. The van der Waals surface area contributed by atoms with Crippen molar-refractivity contribution in [2.24, 2.45) is 5.92 Å². The molecule has 2 aromatic carbocycles. The largest absolute Gasteiger partial charge is 0.392 e. The molecule has 0 saturated carbocycles. The zero-order valence-corrected chi connectivity index (χ0v) is 21.1. The summed E-state index contributed by atoms with van der Waals surface area (Å²) in [5, 5.41) is 22.2. The summed E-state index contributed by atoms with van der Waals surface area (Å²) in [6.45, 7) is 5.64. The van der Waals surface area contributed by atoms with Crippen LogP contribution in [0.5, 0.6) is 0 Å². The number of rotatable bonds is 11. The molecule has 3 aromatic rings. The Bertz CT molecular complexity index is 1200. The van der Waals surface area contributed by atoms with Crippen molar-refractivity contribution < 1.29 is 28.2 Å². The summed E-state index contributed by atoms with van der Waals surface area (Å²) >= 11 is 1.25. The molecular weight excluding hydrogens is 476 g/mol. The average molecular weight is 507 g/mol. The molecule has 1 unspecified atom stereocenters. The Kier molecular flexibility index (Phi) is 8.78. The third-order valence-electron chi connectivity index (χ3n) is 5.42. The van der Waals surface area contributed by atoms with E-state index in [0.29, 0.717) is 39.9 Å². The summed E-state index contributed by atoms with van der Waals surface area (Å²) in [5.41, 5.74) is 2.33. The Morgan fingerprint density at radius 1 is 1.12 bits per heavy atom. The maximum Gasteiger partial charge on any atom is 0.259 e. The van der Waals surface area contributed by atoms with Crippen molar-refractivity contribution in [1.29, 1.82) is 0 Å². The molecule has 1 heterocycles. The van der Waals surface area contributed by atoms with Crippen molar-refractivity contribution in [3.63, 3.8) is 0 Å². The van der Waals surface area contributed by atoms with Crippen molar-refractivity contribution in [2.75, 3.05) is 17.7 Å². The molecule has 0 aliphatic heterocycles. The van der Waals surface area contributed by atoms with Crippen LogP contribution in [0.4, 0.5) is 5.13 Å². The Labute approximate surface area is 203 Å². The molecule has 3 N–H and O–H groups in total. The highest BCUT2D eigenvalue weighted by molar-refractivity contribution is 7.91. The van der Waals surface area contributed by atoms with Gasteiger partial charge in [0.05, 0.1) is 34.1 Å². The van der Waals surface area contributed by atoms with Crippen LogP contribution in [0.1, 0.15) is 50.0 Å². The summed E-state index contributed by atoms with van der Waals surface area (Å²) < 4.78 is 31.0. The highest BCUT2D eigenvalue weighted by Crippen LogP contribution is 2.30. The number of nitrogens with one attached hydrogen (secondary N) is 1. The number of nitrogens with zero attached hydrogens (tertiary/aromatic N) is 1. The van der Waals surface area contributed by atoms with Gasteiger partial charge in [0.15, 0.2) is 21.1 Å². The van der Waals surface area contributed by atoms with Gasteiger partial charge >= 0.3 is 0 Å². The van der Waals surface area contributed by atoms with Gasteiger partial charge in [0.2, 0.25) is 0 Å². The first-order valence-electron chi connectivity index (χ1n) is 11.1. The second-order valence-corrected chi connectivity index (χ2v) is 11.6. The van der Waals surface area contributed by atoms with Crippen LogP contribution in [0.15, 0.2) is 41.3 Å². The number of benzene rings is 2. The molecule has 0 radical (unpaired) electrons. The average Bonchev–Trinajstić information content (AvgIpc) is 3.21. The van der Waals surface area contributed by atoms with Crippen LogP contribution in [0.25, 0.3) is 10.2 Å². The smallest absolute Gasteiger partial charge is 0.259 e. The summed E-state index contributed by atoms with van der Waals surface area (Å²) in [7, 11) is -3.35. The van der Waals surface area contributed by atoms with E-state index in [1.165, 1.54) is 23.5 Å². The predicted octanol–water partition coefficient (Wildman–Crippen LogP) is 3.82. The van der Waals surface area contributed by atoms with Crippen molar-refractivity contribution >= 4 is 42.4 Å². The topological polar surface area (TPSA) is 126 Å². The summed E-state index contributed by atoms with van der Waals surface area (Å²) in [6.07, 6.45) is -0.175. The first kappa shape index (κ1) is 26.2. The van der Waals surface area contributed by atoms with E-state index in [-0.39, 0.29) is 23.9 Å². The lowest BCUT2D eigenvalue weighted by Gasteiger charge is -2.18. The third-order valence-corrected chi connectivity index (χ3v) is 8.10. The molecule has 0 fully saturated rings. The molecule has 8 nitrogen and oxygen atoms in total. The Balaban J connectivity index is 1.86. The number of aliphatic hydroxyl groups is 2.